The molecule has 0 saturated heterocycles. The molecule has 674 valence electrons. The summed E-state index contributed by atoms with van der Waals surface area (Å²) in [4.78, 5) is 34.8. The van der Waals surface area contributed by atoms with E-state index in [0.29, 0.717) is 164 Å². The monoisotopic (exact) mass is 1790 g/mol. The normalized spacial score (nSPS) is 15.7. The zero-order chi connectivity index (χ0) is 88.3. The number of alkyl halides is 36. The van der Waals surface area contributed by atoms with E-state index in [1.807, 2.05) is 0 Å². The summed E-state index contributed by atoms with van der Waals surface area (Å²) in [5.74, 6) is -79.7. The fourth-order valence-electron chi connectivity index (χ4n) is 13.9. The topological polar surface area (TPSA) is 40.6 Å². The van der Waals surface area contributed by atoms with E-state index in [2.05, 4.69) is 0 Å². The van der Waals surface area contributed by atoms with E-state index in [1.165, 1.54) is 32.5 Å². The second-order valence-corrected chi connectivity index (χ2v) is 31.7. The summed E-state index contributed by atoms with van der Waals surface area (Å²) in [6.45, 7) is 0.0145. The molecule has 2 aliphatic heterocycles. The first-order valence-corrected chi connectivity index (χ1v) is 39.9. The van der Waals surface area contributed by atoms with Gasteiger partial charge in [-0.05, 0) is 86.1 Å². The molecule has 2 aromatic rings. The summed E-state index contributed by atoms with van der Waals surface area (Å²) in [5, 5.41) is 3.37. The van der Waals surface area contributed by atoms with Crippen LogP contribution < -0.4 is 0 Å². The van der Waals surface area contributed by atoms with Crippen LogP contribution in [0, 0.1) is 11.8 Å². The number of hydrogen-bond acceptors (Lipinski definition) is 4. The van der Waals surface area contributed by atoms with Gasteiger partial charge >= 0.3 is 95.8 Å². The smallest absolute Gasteiger partial charge is 0.306 e. The van der Waals surface area contributed by atoms with Crippen molar-refractivity contribution in [1.29, 1.82) is 0 Å². The minimum atomic E-state index is -7.02. The molecule has 2 aliphatic rings. The first-order valence-electron chi connectivity index (χ1n) is 38.1. The quantitative estimate of drug-likeness (QED) is 0.0489. The Bertz CT molecular complexity index is 2980. The Labute approximate surface area is 654 Å². The SMILES string of the molecule is O=C1C2=C(c3cccs3)N(CC(CCCCCCCCCCC(F)(F)C(F)(F)C(F)(F)C(F)(F)F)CCCCCCCCCCC(F)(F)C(F)(F)C(F)(F)C(F)(F)F)C(=O)C2=C(c2cccs2)N1CC(CCCCCCCCCCC(F)(F)C(F)(F)C(F)(F)C(F)(F)F)CCCCCCCCCCC(F)(F)C(F)(F)C(F)(F)C(F)(F)F. The lowest BCUT2D eigenvalue weighted by Gasteiger charge is -2.33. The van der Waals surface area contributed by atoms with Gasteiger partial charge in [0, 0.05) is 38.8 Å². The van der Waals surface area contributed by atoms with Gasteiger partial charge < -0.3 is 9.80 Å². The number of nitrogens with zero attached hydrogens (tertiary/aromatic N) is 2. The Hall–Kier alpha value is -4.70. The molecule has 4 nitrogen and oxygen atoms in total. The van der Waals surface area contributed by atoms with E-state index in [9.17, 15) is 158 Å². The number of unbranched alkanes of at least 4 members (excludes halogenated alkanes) is 28. The molecule has 0 atom stereocenters. The second-order valence-electron chi connectivity index (χ2n) is 29.8. The number of rotatable bonds is 58. The van der Waals surface area contributed by atoms with Crippen LogP contribution in [-0.4, -0.2) is 130 Å². The largest absolute Gasteiger partial charge is 0.460 e. The van der Waals surface area contributed by atoms with Gasteiger partial charge in [0.1, 0.15) is 0 Å². The first kappa shape index (κ1) is 104. The van der Waals surface area contributed by atoms with Gasteiger partial charge in [0.05, 0.1) is 32.3 Å². The molecule has 42 heteroatoms. The molecule has 4 rings (SSSR count). The third-order valence-electron chi connectivity index (χ3n) is 20.8. The van der Waals surface area contributed by atoms with Crippen molar-refractivity contribution in [2.75, 3.05) is 13.1 Å². The van der Waals surface area contributed by atoms with E-state index in [-0.39, 0.29) is 98.8 Å². The van der Waals surface area contributed by atoms with Gasteiger partial charge in [0.2, 0.25) is 0 Å². The Kier molecular flexibility index (Phi) is 37.5. The molecule has 116 heavy (non-hydrogen) atoms. The average Bonchev–Trinajstić information content (AvgIpc) is 1.51. The van der Waals surface area contributed by atoms with Crippen molar-refractivity contribution < 1.29 is 168 Å². The third-order valence-corrected chi connectivity index (χ3v) is 22.6. The van der Waals surface area contributed by atoms with Crippen molar-refractivity contribution in [3.05, 3.63) is 55.9 Å². The van der Waals surface area contributed by atoms with Crippen LogP contribution in [0.4, 0.5) is 158 Å². The van der Waals surface area contributed by atoms with Crippen LogP contribution in [0.2, 0.25) is 0 Å². The lowest BCUT2D eigenvalue weighted by atomic mass is 9.93. The third kappa shape index (κ3) is 25.3. The van der Waals surface area contributed by atoms with Gasteiger partial charge in [-0.1, -0.05) is 192 Å². The summed E-state index contributed by atoms with van der Waals surface area (Å²) in [7, 11) is 0. The highest BCUT2D eigenvalue weighted by Gasteiger charge is 2.84. The lowest BCUT2D eigenvalue weighted by Crippen LogP contribution is -2.60. The fourth-order valence-corrected chi connectivity index (χ4v) is 15.4. The summed E-state index contributed by atoms with van der Waals surface area (Å²) in [6.07, 6.45) is -29.1. The molecule has 0 aromatic carbocycles. The molecule has 0 unspecified atom stereocenters. The standard InChI is InChI=1S/C74H92F36N2O2S2/c75-59(76,63(83,84)67(91,92)71(99,100)101)41-29-21-13-5-1-9-17-25-35-49(36-26-18-10-2-6-14-22-30-42-60(77,78)64(85,86)68(93,94)72(102,103)104)47-111-55(51-39-33-45-115-51)53-54(57(111)113)56(52-40-34-46-116-52)112(58(53)114)48-50(37-27-19-11-3-7-15-23-31-43-61(79,80)65(87,88)69(95,96)73(105,106)107)38-28-20-12-4-8-16-24-32-44-62(81,82)66(89,90)70(97,98)74(108,109)110/h33-34,39-40,45-46,49-50H,1-32,35-38,41-44,47-48H2. The molecule has 4 heterocycles. The molecule has 0 fully saturated rings. The van der Waals surface area contributed by atoms with Crippen molar-refractivity contribution in [2.24, 2.45) is 11.8 Å². The van der Waals surface area contributed by atoms with Crippen LogP contribution in [0.25, 0.3) is 11.4 Å². The van der Waals surface area contributed by atoms with Gasteiger partial charge in [-0.25, -0.2) is 0 Å². The van der Waals surface area contributed by atoms with E-state index in [1.54, 1.807) is 35.0 Å². The minimum Gasteiger partial charge on any atom is -0.306 e. The predicted octanol–water partition coefficient (Wildman–Crippen LogP) is 30.3. The number of halogens is 36. The van der Waals surface area contributed by atoms with Crippen LogP contribution in [0.3, 0.4) is 0 Å². The molecule has 0 spiro atoms. The van der Waals surface area contributed by atoms with E-state index < -0.39 is 159 Å². The Morgan fingerprint density at radius 2 is 0.414 bits per heavy atom. The second kappa shape index (κ2) is 41.9. The van der Waals surface area contributed by atoms with Gasteiger partial charge in [0.25, 0.3) is 11.8 Å². The van der Waals surface area contributed by atoms with Crippen LogP contribution in [0.1, 0.15) is 267 Å². The molecular weight excluding hydrogens is 1700 g/mol. The maximum absolute atomic E-state index is 15.4. The maximum atomic E-state index is 15.4. The van der Waals surface area contributed by atoms with Gasteiger partial charge in [-0.15, -0.1) is 22.7 Å². The van der Waals surface area contributed by atoms with Crippen LogP contribution >= 0.6 is 22.7 Å². The van der Waals surface area contributed by atoms with Crippen molar-refractivity contribution >= 4 is 45.9 Å². The molecule has 0 N–H and O–H groups in total. The van der Waals surface area contributed by atoms with Crippen molar-refractivity contribution in [2.45, 2.75) is 353 Å². The average molecular weight is 1790 g/mol. The van der Waals surface area contributed by atoms with Crippen LogP contribution in [-0.2, 0) is 9.59 Å². The lowest BCUT2D eigenvalue weighted by molar-refractivity contribution is -0.396. The van der Waals surface area contributed by atoms with Crippen LogP contribution in [0.5, 0.6) is 0 Å². The van der Waals surface area contributed by atoms with Crippen molar-refractivity contribution in [3.63, 3.8) is 0 Å². The number of carbonyl (C=O) groups excluding carboxylic acids is 2. The van der Waals surface area contributed by atoms with Gasteiger partial charge in [-0.3, -0.25) is 9.59 Å². The van der Waals surface area contributed by atoms with E-state index in [0.717, 1.165) is 0 Å². The van der Waals surface area contributed by atoms with Gasteiger partial charge in [-0.2, -0.15) is 158 Å². The van der Waals surface area contributed by atoms with Crippen LogP contribution in [0.15, 0.2) is 46.2 Å². The highest BCUT2D eigenvalue weighted by atomic mass is 32.1. The molecule has 2 aromatic heterocycles. The zero-order valence-corrected chi connectivity index (χ0v) is 64.1. The molecule has 2 amide bonds. The minimum absolute atomic E-state index is 0.00723. The molecule has 0 aliphatic carbocycles. The number of carbonyl (C=O) groups is 2. The molecule has 0 bridgehead atoms. The number of amides is 2. The first-order chi connectivity index (χ1) is 53.1. The highest BCUT2D eigenvalue weighted by molar-refractivity contribution is 7.11. The molecule has 0 radical (unpaired) electrons. The van der Waals surface area contributed by atoms with Gasteiger partial charge in [0.15, 0.2) is 0 Å². The van der Waals surface area contributed by atoms with E-state index >= 15 is 9.59 Å². The summed E-state index contributed by atoms with van der Waals surface area (Å²) >= 11 is 2.37. The van der Waals surface area contributed by atoms with Crippen molar-refractivity contribution in [1.82, 2.24) is 9.80 Å². The summed E-state index contributed by atoms with van der Waals surface area (Å²) in [5.41, 5.74) is 0.636. The number of thiophene rings is 2. The number of hydrogen-bond donors (Lipinski definition) is 0. The number of fused-ring (bicyclic) bond motifs is 1. The van der Waals surface area contributed by atoms with Crippen molar-refractivity contribution in [3.8, 4) is 0 Å². The highest BCUT2D eigenvalue weighted by Crippen LogP contribution is 2.59. The Morgan fingerprint density at radius 3 is 0.578 bits per heavy atom. The fraction of sp³-hybridized carbons (Fsp3) is 0.811. The Morgan fingerprint density at radius 1 is 0.241 bits per heavy atom. The molecule has 0 saturated carbocycles. The zero-order valence-electron chi connectivity index (χ0n) is 62.5. The predicted molar refractivity (Wildman–Crippen MR) is 361 cm³/mol. The Balaban J connectivity index is 1.53. The van der Waals surface area contributed by atoms with E-state index in [4.69, 9.17) is 0 Å². The maximum Gasteiger partial charge on any atom is 0.460 e. The summed E-state index contributed by atoms with van der Waals surface area (Å²) < 4.78 is 482. The summed E-state index contributed by atoms with van der Waals surface area (Å²) in [6, 6.07) is 6.67. The molecular formula is C74H92F36N2O2S2.